The van der Waals surface area contributed by atoms with E-state index in [0.717, 1.165) is 5.56 Å². The Morgan fingerprint density at radius 3 is 2.56 bits per heavy atom. The van der Waals surface area contributed by atoms with Crippen LogP contribution < -0.4 is 10.9 Å². The van der Waals surface area contributed by atoms with Crippen LogP contribution in [0.4, 0.5) is 0 Å². The molecule has 27 heavy (non-hydrogen) atoms. The summed E-state index contributed by atoms with van der Waals surface area (Å²) in [4.78, 5) is 29.1. The predicted molar refractivity (Wildman–Crippen MR) is 104 cm³/mol. The van der Waals surface area contributed by atoms with Gasteiger partial charge in [-0.15, -0.1) is 0 Å². The van der Waals surface area contributed by atoms with Crippen LogP contribution in [0.3, 0.4) is 0 Å². The lowest BCUT2D eigenvalue weighted by atomic mass is 10.1. The minimum atomic E-state index is -0.261. The molecule has 7 heteroatoms. The zero-order chi connectivity index (χ0) is 19.6. The largest absolute Gasteiger partial charge is 0.352 e. The second kappa shape index (κ2) is 7.34. The first-order valence-electron chi connectivity index (χ1n) is 9.01. The molecule has 0 saturated heterocycles. The van der Waals surface area contributed by atoms with Gasteiger partial charge in [-0.3, -0.25) is 14.2 Å². The number of rotatable bonds is 5. The van der Waals surface area contributed by atoms with Crippen molar-refractivity contribution < 1.29 is 4.79 Å². The van der Waals surface area contributed by atoms with E-state index in [1.54, 1.807) is 10.9 Å². The normalized spacial score (nSPS) is 11.7. The molecule has 0 radical (unpaired) electrons. The smallest absolute Gasteiger partial charge is 0.264 e. The van der Waals surface area contributed by atoms with Gasteiger partial charge in [-0.2, -0.15) is 5.10 Å². The summed E-state index contributed by atoms with van der Waals surface area (Å²) in [6, 6.07) is 8.01. The van der Waals surface area contributed by atoms with Gasteiger partial charge in [0, 0.05) is 19.5 Å². The van der Waals surface area contributed by atoms with Gasteiger partial charge in [0.05, 0.1) is 18.1 Å². The first kappa shape index (κ1) is 18.8. The molecule has 142 valence electrons. The first-order chi connectivity index (χ1) is 12.8. The number of carbonyl (C=O) groups excluding carboxylic acids is 1. The fourth-order valence-electron chi connectivity index (χ4n) is 2.82. The summed E-state index contributed by atoms with van der Waals surface area (Å²) in [5.41, 5.74) is 2.35. The second-order valence-electron chi connectivity index (χ2n) is 7.72. The lowest BCUT2D eigenvalue weighted by Crippen LogP contribution is -2.28. The van der Waals surface area contributed by atoms with Gasteiger partial charge >= 0.3 is 0 Å². The Hall–Kier alpha value is -2.96. The van der Waals surface area contributed by atoms with Crippen LogP contribution in [0.2, 0.25) is 0 Å². The Labute approximate surface area is 158 Å². The highest BCUT2D eigenvalue weighted by Gasteiger charge is 2.19. The third-order valence-corrected chi connectivity index (χ3v) is 4.38. The summed E-state index contributed by atoms with van der Waals surface area (Å²) < 4.78 is 3.20. The maximum absolute atomic E-state index is 12.6. The van der Waals surface area contributed by atoms with Crippen LogP contribution in [0.5, 0.6) is 0 Å². The van der Waals surface area contributed by atoms with Crippen LogP contribution in [-0.2, 0) is 23.4 Å². The van der Waals surface area contributed by atoms with E-state index in [4.69, 9.17) is 0 Å². The van der Waals surface area contributed by atoms with E-state index in [1.165, 1.54) is 16.5 Å². The molecule has 0 aliphatic carbocycles. The maximum atomic E-state index is 12.6. The van der Waals surface area contributed by atoms with E-state index < -0.39 is 0 Å². The number of amides is 1. The van der Waals surface area contributed by atoms with Gasteiger partial charge in [0.2, 0.25) is 5.91 Å². The number of fused-ring (bicyclic) bond motifs is 1. The molecule has 2 aromatic heterocycles. The molecule has 0 atom stereocenters. The van der Waals surface area contributed by atoms with Crippen LogP contribution in [0.25, 0.3) is 11.0 Å². The zero-order valence-corrected chi connectivity index (χ0v) is 16.2. The minimum Gasteiger partial charge on any atom is -0.352 e. The molecule has 7 nitrogen and oxygen atoms in total. The lowest BCUT2D eigenvalue weighted by Gasteiger charge is -2.19. The van der Waals surface area contributed by atoms with Gasteiger partial charge in [0.1, 0.15) is 5.39 Å². The van der Waals surface area contributed by atoms with E-state index >= 15 is 0 Å². The van der Waals surface area contributed by atoms with Crippen LogP contribution in [-0.4, -0.2) is 25.2 Å². The second-order valence-corrected chi connectivity index (χ2v) is 7.72. The summed E-state index contributed by atoms with van der Waals surface area (Å²) in [6.07, 6.45) is 3.25. The number of hydrogen-bond acceptors (Lipinski definition) is 4. The van der Waals surface area contributed by atoms with E-state index in [9.17, 15) is 9.59 Å². The highest BCUT2D eigenvalue weighted by Crippen LogP contribution is 2.17. The van der Waals surface area contributed by atoms with Crippen molar-refractivity contribution in [3.63, 3.8) is 0 Å². The number of carbonyl (C=O) groups is 1. The third-order valence-electron chi connectivity index (χ3n) is 4.38. The molecule has 1 amide bonds. The fraction of sp³-hybridized carbons (Fsp3) is 0.400. The van der Waals surface area contributed by atoms with E-state index in [0.29, 0.717) is 17.6 Å². The summed E-state index contributed by atoms with van der Waals surface area (Å²) in [6.45, 7) is 8.79. The van der Waals surface area contributed by atoms with Gasteiger partial charge in [0.25, 0.3) is 5.56 Å². The Morgan fingerprint density at radius 2 is 1.89 bits per heavy atom. The molecule has 0 fully saturated rings. The molecule has 1 N–H and O–H groups in total. The van der Waals surface area contributed by atoms with E-state index in [-0.39, 0.29) is 30.0 Å². The van der Waals surface area contributed by atoms with Crippen molar-refractivity contribution in [1.82, 2.24) is 24.6 Å². The summed E-state index contributed by atoms with van der Waals surface area (Å²) >= 11 is 0. The standard InChI is InChI=1S/C20H25N5O2/c1-14-5-7-15(8-6-14)11-21-17(26)9-10-24-13-22-18-16(19(24)27)12-23-25(18)20(2,3)4/h5-8,12-13H,9-11H2,1-4H3,(H,21,26). The molecule has 0 aliphatic heterocycles. The fourth-order valence-corrected chi connectivity index (χ4v) is 2.82. The SMILES string of the molecule is Cc1ccc(CNC(=O)CCn2cnc3c(cnn3C(C)(C)C)c2=O)cc1. The molecular weight excluding hydrogens is 342 g/mol. The highest BCUT2D eigenvalue weighted by atomic mass is 16.1. The number of hydrogen-bond donors (Lipinski definition) is 1. The molecular formula is C20H25N5O2. The van der Waals surface area contributed by atoms with Gasteiger partial charge in [-0.05, 0) is 33.3 Å². The molecule has 0 unspecified atom stereocenters. The lowest BCUT2D eigenvalue weighted by molar-refractivity contribution is -0.121. The molecule has 3 aromatic rings. The summed E-state index contributed by atoms with van der Waals surface area (Å²) in [5, 5.41) is 7.64. The molecule has 0 saturated carbocycles. The monoisotopic (exact) mass is 367 g/mol. The Kier molecular flexibility index (Phi) is 5.12. The van der Waals surface area contributed by atoms with Crippen molar-refractivity contribution in [3.8, 4) is 0 Å². The molecule has 3 rings (SSSR count). The van der Waals surface area contributed by atoms with Crippen molar-refractivity contribution in [2.75, 3.05) is 0 Å². The van der Waals surface area contributed by atoms with E-state index in [2.05, 4.69) is 15.4 Å². The zero-order valence-electron chi connectivity index (χ0n) is 16.2. The third kappa shape index (κ3) is 4.24. The molecule has 0 spiro atoms. The van der Waals surface area contributed by atoms with Crippen LogP contribution >= 0.6 is 0 Å². The van der Waals surface area contributed by atoms with Crippen molar-refractivity contribution in [2.24, 2.45) is 0 Å². The van der Waals surface area contributed by atoms with Gasteiger partial charge in [-0.25, -0.2) is 9.67 Å². The Morgan fingerprint density at radius 1 is 1.19 bits per heavy atom. The van der Waals surface area contributed by atoms with Crippen LogP contribution in [0, 0.1) is 6.92 Å². The number of nitrogens with zero attached hydrogens (tertiary/aromatic N) is 4. The number of nitrogens with one attached hydrogen (secondary N) is 1. The van der Waals surface area contributed by atoms with Gasteiger partial charge < -0.3 is 5.32 Å². The Balaban J connectivity index is 1.64. The number of aromatic nitrogens is 4. The quantitative estimate of drug-likeness (QED) is 0.751. The number of aryl methyl sites for hydroxylation is 2. The van der Waals surface area contributed by atoms with Gasteiger partial charge in [-0.1, -0.05) is 29.8 Å². The molecule has 2 heterocycles. The maximum Gasteiger partial charge on any atom is 0.264 e. The molecule has 1 aromatic carbocycles. The first-order valence-corrected chi connectivity index (χ1v) is 9.01. The van der Waals surface area contributed by atoms with Crippen molar-refractivity contribution >= 4 is 16.9 Å². The molecule has 0 bridgehead atoms. The molecule has 0 aliphatic rings. The number of benzene rings is 1. The van der Waals surface area contributed by atoms with Gasteiger partial charge in [0.15, 0.2) is 5.65 Å². The van der Waals surface area contributed by atoms with Crippen molar-refractivity contribution in [3.05, 3.63) is 58.3 Å². The summed E-state index contributed by atoms with van der Waals surface area (Å²) in [5.74, 6) is -0.104. The predicted octanol–water partition coefficient (Wildman–Crippen LogP) is 2.36. The minimum absolute atomic E-state index is 0.104. The average molecular weight is 367 g/mol. The van der Waals surface area contributed by atoms with Crippen molar-refractivity contribution in [2.45, 2.75) is 52.7 Å². The van der Waals surface area contributed by atoms with Crippen molar-refractivity contribution in [1.29, 1.82) is 0 Å². The van der Waals surface area contributed by atoms with Crippen LogP contribution in [0.1, 0.15) is 38.3 Å². The topological polar surface area (TPSA) is 81.8 Å². The Bertz CT molecular complexity index is 1010. The van der Waals surface area contributed by atoms with Crippen LogP contribution in [0.15, 0.2) is 41.6 Å². The highest BCUT2D eigenvalue weighted by molar-refractivity contribution is 5.76. The van der Waals surface area contributed by atoms with E-state index in [1.807, 2.05) is 52.0 Å². The average Bonchev–Trinajstić information content (AvgIpc) is 3.06. The summed E-state index contributed by atoms with van der Waals surface area (Å²) in [7, 11) is 0.